The Bertz CT molecular complexity index is 470. The number of aliphatic hydroxyl groups excluding tert-OH is 1. The van der Waals surface area contributed by atoms with Gasteiger partial charge in [0.25, 0.3) is 0 Å². The quantitative estimate of drug-likeness (QED) is 0.827. The minimum Gasteiger partial charge on any atom is -0.479 e. The lowest BCUT2D eigenvalue weighted by Crippen LogP contribution is -2.09. The summed E-state index contributed by atoms with van der Waals surface area (Å²) in [6.07, 6.45) is 1.69. The fraction of sp³-hybridized carbons (Fsp3) is 0.0833. The van der Waals surface area contributed by atoms with Gasteiger partial charge in [0.15, 0.2) is 6.10 Å². The summed E-state index contributed by atoms with van der Waals surface area (Å²) < 4.78 is 4.94. The molecular formula is C12H10O4. The third-order valence-electron chi connectivity index (χ3n) is 2.31. The van der Waals surface area contributed by atoms with Crippen molar-refractivity contribution in [3.63, 3.8) is 0 Å². The van der Waals surface area contributed by atoms with Gasteiger partial charge < -0.3 is 14.6 Å². The number of benzene rings is 1. The summed E-state index contributed by atoms with van der Waals surface area (Å²) >= 11 is 0. The first-order valence-corrected chi connectivity index (χ1v) is 4.72. The molecule has 1 heterocycles. The molecule has 1 aromatic heterocycles. The van der Waals surface area contributed by atoms with E-state index in [2.05, 4.69) is 0 Å². The lowest BCUT2D eigenvalue weighted by molar-refractivity contribution is -0.146. The number of aliphatic carboxylic acids is 1. The number of carbonyl (C=O) groups is 1. The molecule has 1 atom stereocenters. The summed E-state index contributed by atoms with van der Waals surface area (Å²) in [5, 5.41) is 17.9. The van der Waals surface area contributed by atoms with Crippen LogP contribution < -0.4 is 0 Å². The van der Waals surface area contributed by atoms with Crippen molar-refractivity contribution in [1.29, 1.82) is 0 Å². The minimum atomic E-state index is -1.47. The van der Waals surface area contributed by atoms with Gasteiger partial charge in [0.1, 0.15) is 0 Å². The first-order valence-electron chi connectivity index (χ1n) is 4.72. The zero-order valence-electron chi connectivity index (χ0n) is 8.33. The van der Waals surface area contributed by atoms with E-state index in [1.54, 1.807) is 36.8 Å². The Labute approximate surface area is 91.8 Å². The average Bonchev–Trinajstić information content (AvgIpc) is 2.81. The lowest BCUT2D eigenvalue weighted by Gasteiger charge is -2.06. The van der Waals surface area contributed by atoms with Crippen LogP contribution in [0.3, 0.4) is 0 Å². The molecule has 2 rings (SSSR count). The number of carboxylic acid groups (broad SMARTS) is 1. The summed E-state index contributed by atoms with van der Waals surface area (Å²) in [7, 11) is 0. The highest BCUT2D eigenvalue weighted by Gasteiger charge is 2.15. The van der Waals surface area contributed by atoms with Crippen molar-refractivity contribution in [2.45, 2.75) is 6.10 Å². The molecule has 1 unspecified atom stereocenters. The normalized spacial score (nSPS) is 12.3. The summed E-state index contributed by atoms with van der Waals surface area (Å²) in [6, 6.07) is 8.46. The molecule has 0 bridgehead atoms. The maximum atomic E-state index is 10.5. The molecule has 0 aliphatic heterocycles. The van der Waals surface area contributed by atoms with E-state index < -0.39 is 12.1 Å². The number of aliphatic hydroxyl groups is 1. The minimum absolute atomic E-state index is 0.361. The molecule has 0 aliphatic rings. The molecule has 16 heavy (non-hydrogen) atoms. The summed E-state index contributed by atoms with van der Waals surface area (Å²) in [4.78, 5) is 10.5. The van der Waals surface area contributed by atoms with Gasteiger partial charge in [0.05, 0.1) is 12.5 Å². The van der Waals surface area contributed by atoms with Gasteiger partial charge in [-0.3, -0.25) is 0 Å². The number of rotatable bonds is 3. The van der Waals surface area contributed by atoms with E-state index in [9.17, 15) is 9.90 Å². The van der Waals surface area contributed by atoms with Crippen LogP contribution in [0.1, 0.15) is 11.7 Å². The number of hydrogen-bond donors (Lipinski definition) is 2. The zero-order chi connectivity index (χ0) is 11.5. The van der Waals surface area contributed by atoms with Crippen LogP contribution in [0.2, 0.25) is 0 Å². The third-order valence-corrected chi connectivity index (χ3v) is 2.31. The molecule has 4 nitrogen and oxygen atoms in total. The molecular weight excluding hydrogens is 208 g/mol. The molecule has 2 N–H and O–H groups in total. The van der Waals surface area contributed by atoms with Crippen molar-refractivity contribution in [2.75, 3.05) is 0 Å². The predicted molar refractivity (Wildman–Crippen MR) is 56.7 cm³/mol. The van der Waals surface area contributed by atoms with E-state index in [1.165, 1.54) is 0 Å². The van der Waals surface area contributed by atoms with E-state index >= 15 is 0 Å². The Morgan fingerprint density at radius 3 is 2.31 bits per heavy atom. The van der Waals surface area contributed by atoms with Crippen LogP contribution in [0, 0.1) is 0 Å². The fourth-order valence-electron chi connectivity index (χ4n) is 1.43. The fourth-order valence-corrected chi connectivity index (χ4v) is 1.43. The molecule has 0 saturated carbocycles. The zero-order valence-corrected chi connectivity index (χ0v) is 8.33. The third kappa shape index (κ3) is 1.97. The molecule has 82 valence electrons. The predicted octanol–water partition coefficient (Wildman–Crippen LogP) is 2.06. The van der Waals surface area contributed by atoms with Gasteiger partial charge in [0, 0.05) is 5.56 Å². The summed E-state index contributed by atoms with van der Waals surface area (Å²) in [6.45, 7) is 0. The Kier molecular flexibility index (Phi) is 2.74. The highest BCUT2D eigenvalue weighted by molar-refractivity contribution is 5.74. The van der Waals surface area contributed by atoms with E-state index in [0.29, 0.717) is 5.56 Å². The van der Waals surface area contributed by atoms with E-state index in [4.69, 9.17) is 9.52 Å². The number of hydrogen-bond acceptors (Lipinski definition) is 3. The van der Waals surface area contributed by atoms with Gasteiger partial charge in [-0.15, -0.1) is 0 Å². The van der Waals surface area contributed by atoms with Crippen LogP contribution in [-0.4, -0.2) is 16.2 Å². The van der Waals surface area contributed by atoms with Gasteiger partial charge in [-0.2, -0.15) is 0 Å². The Balaban J connectivity index is 2.26. The maximum Gasteiger partial charge on any atom is 0.337 e. The second-order valence-corrected chi connectivity index (χ2v) is 3.37. The van der Waals surface area contributed by atoms with Gasteiger partial charge in [-0.25, -0.2) is 4.79 Å². The first kappa shape index (κ1) is 10.4. The lowest BCUT2D eigenvalue weighted by atomic mass is 10.0. The number of carboxylic acids is 1. The van der Waals surface area contributed by atoms with Crippen molar-refractivity contribution in [2.24, 2.45) is 0 Å². The molecule has 0 radical (unpaired) electrons. The Hall–Kier alpha value is -2.07. The Morgan fingerprint density at radius 1 is 1.12 bits per heavy atom. The number of furan rings is 1. The molecule has 0 aliphatic carbocycles. The molecule has 1 aromatic carbocycles. The van der Waals surface area contributed by atoms with Crippen LogP contribution >= 0.6 is 0 Å². The first-order chi connectivity index (χ1) is 7.68. The molecule has 0 saturated heterocycles. The van der Waals surface area contributed by atoms with E-state index in [1.807, 2.05) is 6.07 Å². The average molecular weight is 218 g/mol. The van der Waals surface area contributed by atoms with Crippen molar-refractivity contribution in [3.05, 3.63) is 48.4 Å². The van der Waals surface area contributed by atoms with Gasteiger partial charge in [-0.1, -0.05) is 24.3 Å². The molecule has 4 heteroatoms. The van der Waals surface area contributed by atoms with Crippen LogP contribution in [0.5, 0.6) is 0 Å². The van der Waals surface area contributed by atoms with Crippen LogP contribution in [0.4, 0.5) is 0 Å². The smallest absolute Gasteiger partial charge is 0.337 e. The van der Waals surface area contributed by atoms with Crippen LogP contribution in [0.25, 0.3) is 11.1 Å². The molecule has 0 spiro atoms. The molecule has 2 aromatic rings. The van der Waals surface area contributed by atoms with Crippen LogP contribution in [-0.2, 0) is 4.79 Å². The second kappa shape index (κ2) is 4.20. The maximum absolute atomic E-state index is 10.5. The standard InChI is InChI=1S/C12H10O4/c13-11(12(14)15)9-3-1-8(2-4-9)10-5-6-16-7-10/h1-7,11,13H,(H,14,15). The highest BCUT2D eigenvalue weighted by Crippen LogP contribution is 2.22. The second-order valence-electron chi connectivity index (χ2n) is 3.37. The summed E-state index contributed by atoms with van der Waals surface area (Å²) in [5.74, 6) is -1.25. The topological polar surface area (TPSA) is 70.7 Å². The largest absolute Gasteiger partial charge is 0.479 e. The van der Waals surface area contributed by atoms with Crippen molar-refractivity contribution in [3.8, 4) is 11.1 Å². The highest BCUT2D eigenvalue weighted by atomic mass is 16.4. The SMILES string of the molecule is O=C(O)C(O)c1ccc(-c2ccoc2)cc1. The monoisotopic (exact) mass is 218 g/mol. The molecule has 0 amide bonds. The Morgan fingerprint density at radius 2 is 1.81 bits per heavy atom. The van der Waals surface area contributed by atoms with Crippen molar-refractivity contribution in [1.82, 2.24) is 0 Å². The van der Waals surface area contributed by atoms with E-state index in [0.717, 1.165) is 11.1 Å². The van der Waals surface area contributed by atoms with Crippen molar-refractivity contribution < 1.29 is 19.4 Å². The van der Waals surface area contributed by atoms with Crippen molar-refractivity contribution >= 4 is 5.97 Å². The molecule has 0 fully saturated rings. The van der Waals surface area contributed by atoms with E-state index in [-0.39, 0.29) is 0 Å². The van der Waals surface area contributed by atoms with Gasteiger partial charge >= 0.3 is 5.97 Å². The van der Waals surface area contributed by atoms with Gasteiger partial charge in [-0.05, 0) is 17.2 Å². The summed E-state index contributed by atoms with van der Waals surface area (Å²) in [5.41, 5.74) is 2.19. The van der Waals surface area contributed by atoms with Gasteiger partial charge in [0.2, 0.25) is 0 Å². The van der Waals surface area contributed by atoms with Crippen LogP contribution in [0.15, 0.2) is 47.3 Å².